The number of carbonyl (C=O) groups is 2. The molecule has 174 valence electrons. The first kappa shape index (κ1) is 24.6. The van der Waals surface area contributed by atoms with E-state index in [1.165, 1.54) is 18.1 Å². The number of benzene rings is 3. The number of halogens is 2. The number of hydrogen-bond acceptors (Lipinski definition) is 4. The molecule has 4 rings (SSSR count). The van der Waals surface area contributed by atoms with E-state index >= 15 is 0 Å². The first-order chi connectivity index (χ1) is 16.4. The average Bonchev–Trinajstić information content (AvgIpc) is 3.10. The summed E-state index contributed by atoms with van der Waals surface area (Å²) >= 11 is 7.32. The minimum atomic E-state index is -0.572. The summed E-state index contributed by atoms with van der Waals surface area (Å²) in [6.07, 6.45) is 1.82. The van der Waals surface area contributed by atoms with Crippen LogP contribution in [0.4, 0.5) is 0 Å². The highest BCUT2D eigenvalue weighted by atomic mass is 79.9. The van der Waals surface area contributed by atoms with E-state index in [9.17, 15) is 9.59 Å². The number of Topliss-reactive ketones (excluding diaryl/α,β-unsaturated/α-hetero) is 1. The lowest BCUT2D eigenvalue weighted by Gasteiger charge is -2.31. The van der Waals surface area contributed by atoms with E-state index in [0.29, 0.717) is 11.1 Å². The molecule has 4 nitrogen and oxygen atoms in total. The Bertz CT molecular complexity index is 1280. The van der Waals surface area contributed by atoms with Gasteiger partial charge in [-0.1, -0.05) is 97.7 Å². The minimum Gasteiger partial charge on any atom is -0.318 e. The Morgan fingerprint density at radius 3 is 2.21 bits per heavy atom. The van der Waals surface area contributed by atoms with Gasteiger partial charge in [0.2, 0.25) is 5.78 Å². The Balaban J connectivity index is 1.87. The molecule has 1 aliphatic carbocycles. The second-order valence-electron chi connectivity index (χ2n) is 8.43. The number of nitrogens with zero attached hydrogens (tertiary/aromatic N) is 1. The zero-order valence-corrected chi connectivity index (χ0v) is 22.3. The van der Waals surface area contributed by atoms with Gasteiger partial charge >= 0.3 is 5.97 Å². The van der Waals surface area contributed by atoms with Crippen LogP contribution in [0.1, 0.15) is 52.4 Å². The third-order valence-corrected chi connectivity index (χ3v) is 7.25. The largest absolute Gasteiger partial charge is 0.332 e. The van der Waals surface area contributed by atoms with Crippen molar-refractivity contribution in [1.82, 2.24) is 0 Å². The Morgan fingerprint density at radius 2 is 1.53 bits per heavy atom. The third-order valence-electron chi connectivity index (χ3n) is 6.45. The summed E-state index contributed by atoms with van der Waals surface area (Å²) in [4.78, 5) is 30.2. The molecule has 0 saturated carbocycles. The van der Waals surface area contributed by atoms with E-state index in [1.807, 2.05) is 49.4 Å². The number of hydrogen-bond donors (Lipinski definition) is 0. The monoisotopic (exact) mass is 581 g/mol. The number of alkyl halides is 2. The van der Waals surface area contributed by atoms with Crippen LogP contribution in [0, 0.1) is 6.92 Å². The molecule has 0 unspecified atom stereocenters. The van der Waals surface area contributed by atoms with Crippen molar-refractivity contribution in [2.75, 3.05) is 10.7 Å². The van der Waals surface area contributed by atoms with Crippen molar-refractivity contribution in [3.05, 3.63) is 94.5 Å². The minimum absolute atomic E-state index is 0.121. The van der Waals surface area contributed by atoms with Crippen LogP contribution < -0.4 is 0 Å². The Morgan fingerprint density at radius 1 is 0.882 bits per heavy atom. The molecule has 0 saturated heterocycles. The zero-order chi connectivity index (χ0) is 24.3. The summed E-state index contributed by atoms with van der Waals surface area (Å²) in [5.41, 5.74) is 6.77. The van der Waals surface area contributed by atoms with Gasteiger partial charge in [0, 0.05) is 34.1 Å². The fourth-order valence-corrected chi connectivity index (χ4v) is 6.23. The summed E-state index contributed by atoms with van der Waals surface area (Å²) in [6.45, 7) is 3.17. The van der Waals surface area contributed by atoms with Gasteiger partial charge in [0.15, 0.2) is 5.71 Å². The number of ketones is 1. The van der Waals surface area contributed by atoms with Gasteiger partial charge in [0.1, 0.15) is 0 Å². The van der Waals surface area contributed by atoms with Crippen LogP contribution in [0.2, 0.25) is 0 Å². The summed E-state index contributed by atoms with van der Waals surface area (Å²) in [7, 11) is 0. The maximum absolute atomic E-state index is 13.8. The lowest BCUT2D eigenvalue weighted by molar-refractivity contribution is -0.140. The molecule has 34 heavy (non-hydrogen) atoms. The van der Waals surface area contributed by atoms with Crippen molar-refractivity contribution in [3.63, 3.8) is 0 Å². The van der Waals surface area contributed by atoms with E-state index in [0.717, 1.165) is 40.2 Å². The van der Waals surface area contributed by atoms with Gasteiger partial charge in [-0.05, 0) is 53.6 Å². The predicted octanol–water partition coefficient (Wildman–Crippen LogP) is 6.98. The molecule has 0 bridgehead atoms. The molecular formula is C28H25Br2NO3. The second kappa shape index (κ2) is 10.4. The van der Waals surface area contributed by atoms with E-state index in [4.69, 9.17) is 4.84 Å². The van der Waals surface area contributed by atoms with Crippen molar-refractivity contribution >= 4 is 49.3 Å². The molecule has 0 spiro atoms. The van der Waals surface area contributed by atoms with Crippen molar-refractivity contribution in [1.29, 1.82) is 0 Å². The molecule has 3 aromatic rings. The van der Waals surface area contributed by atoms with Gasteiger partial charge in [0.05, 0.1) is 0 Å². The topological polar surface area (TPSA) is 55.7 Å². The Hall–Kier alpha value is -2.57. The first-order valence-corrected chi connectivity index (χ1v) is 13.4. The van der Waals surface area contributed by atoms with Crippen LogP contribution in [0.5, 0.6) is 0 Å². The van der Waals surface area contributed by atoms with Gasteiger partial charge in [-0.25, -0.2) is 4.79 Å². The van der Waals surface area contributed by atoms with Crippen LogP contribution in [-0.2, 0) is 15.0 Å². The molecule has 1 aliphatic rings. The summed E-state index contributed by atoms with van der Waals surface area (Å²) < 4.78 is 0. The van der Waals surface area contributed by atoms with E-state index in [1.54, 1.807) is 0 Å². The molecule has 0 radical (unpaired) electrons. The molecule has 0 amide bonds. The van der Waals surface area contributed by atoms with Gasteiger partial charge in [-0.3, -0.25) is 4.79 Å². The summed E-state index contributed by atoms with van der Waals surface area (Å²) in [5.74, 6) is -0.849. The van der Waals surface area contributed by atoms with Crippen LogP contribution in [-0.4, -0.2) is 28.1 Å². The van der Waals surface area contributed by atoms with Crippen molar-refractivity contribution < 1.29 is 14.4 Å². The quantitative estimate of drug-likeness (QED) is 0.0946. The predicted molar refractivity (Wildman–Crippen MR) is 143 cm³/mol. The SMILES string of the molecule is CC(=O)O/N=C(/C(=O)c1ccc2c(c1)C(CCBr)(CCBr)c1ccccc1-2)c1ccccc1C. The molecule has 6 heteroatoms. The highest BCUT2D eigenvalue weighted by Gasteiger charge is 2.42. The maximum atomic E-state index is 13.8. The van der Waals surface area contributed by atoms with Gasteiger partial charge in [-0.2, -0.15) is 0 Å². The van der Waals surface area contributed by atoms with Crippen molar-refractivity contribution in [2.45, 2.75) is 32.1 Å². The Kier molecular flexibility index (Phi) is 7.48. The van der Waals surface area contributed by atoms with E-state index < -0.39 is 5.97 Å². The summed E-state index contributed by atoms with van der Waals surface area (Å²) in [6, 6.07) is 21.8. The van der Waals surface area contributed by atoms with Crippen molar-refractivity contribution in [2.24, 2.45) is 5.16 Å². The molecule has 0 aromatic heterocycles. The molecule has 0 atom stereocenters. The normalized spacial score (nSPS) is 13.8. The molecule has 0 heterocycles. The van der Waals surface area contributed by atoms with Gasteiger partial charge in [0.25, 0.3) is 0 Å². The number of carbonyl (C=O) groups excluding carboxylic acids is 2. The lowest BCUT2D eigenvalue weighted by Crippen LogP contribution is -2.27. The van der Waals surface area contributed by atoms with Crippen LogP contribution in [0.15, 0.2) is 71.9 Å². The van der Waals surface area contributed by atoms with Crippen LogP contribution in [0.3, 0.4) is 0 Å². The van der Waals surface area contributed by atoms with Gasteiger partial charge < -0.3 is 4.84 Å². The van der Waals surface area contributed by atoms with Crippen molar-refractivity contribution in [3.8, 4) is 11.1 Å². The third kappa shape index (κ3) is 4.41. The molecule has 0 fully saturated rings. The Labute approximate surface area is 216 Å². The maximum Gasteiger partial charge on any atom is 0.332 e. The van der Waals surface area contributed by atoms with E-state index in [2.05, 4.69) is 61.3 Å². The first-order valence-electron chi connectivity index (χ1n) is 11.2. The molecule has 0 aliphatic heterocycles. The molecule has 0 N–H and O–H groups in total. The fourth-order valence-electron chi connectivity index (χ4n) is 4.88. The fraction of sp³-hybridized carbons (Fsp3) is 0.250. The molecular weight excluding hydrogens is 558 g/mol. The highest BCUT2D eigenvalue weighted by Crippen LogP contribution is 2.53. The standard InChI is InChI=1S/C28H25Br2NO3/c1-18-7-3-4-8-21(18)26(31-34-19(2)32)27(33)20-11-12-23-22-9-5-6-10-24(22)28(13-15-29,14-16-30)25(23)17-20/h3-12,17H,13-16H2,1-2H3/b31-26+. The second-order valence-corrected chi connectivity index (χ2v) is 10.0. The summed E-state index contributed by atoms with van der Waals surface area (Å²) in [5, 5.41) is 5.66. The highest BCUT2D eigenvalue weighted by molar-refractivity contribution is 9.09. The van der Waals surface area contributed by atoms with Crippen LogP contribution >= 0.6 is 31.9 Å². The number of aryl methyl sites for hydroxylation is 1. The van der Waals surface area contributed by atoms with Crippen LogP contribution in [0.25, 0.3) is 11.1 Å². The number of rotatable bonds is 8. The number of oxime groups is 1. The van der Waals surface area contributed by atoms with E-state index in [-0.39, 0.29) is 16.9 Å². The van der Waals surface area contributed by atoms with Gasteiger partial charge in [-0.15, -0.1) is 0 Å². The molecule has 3 aromatic carbocycles. The number of fused-ring (bicyclic) bond motifs is 3. The average molecular weight is 583 g/mol. The lowest BCUT2D eigenvalue weighted by atomic mass is 9.73. The smallest absolute Gasteiger partial charge is 0.318 e. The zero-order valence-electron chi connectivity index (χ0n) is 19.1.